The number of nitrogens with zero attached hydrogens (tertiary/aromatic N) is 2. The number of aromatic nitrogens is 1. The van der Waals surface area contributed by atoms with Gasteiger partial charge in [-0.3, -0.25) is 20.2 Å². The number of nitro benzene ring substituents is 1. The first-order chi connectivity index (χ1) is 11.8. The van der Waals surface area contributed by atoms with Crippen LogP contribution in [0.3, 0.4) is 0 Å². The molecule has 0 spiro atoms. The van der Waals surface area contributed by atoms with Crippen LogP contribution < -0.4 is 10.6 Å². The Bertz CT molecular complexity index is 858. The minimum atomic E-state index is -0.590. The zero-order chi connectivity index (χ0) is 18.4. The van der Waals surface area contributed by atoms with E-state index >= 15 is 0 Å². The van der Waals surface area contributed by atoms with Crippen LogP contribution in [-0.2, 0) is 4.79 Å². The highest BCUT2D eigenvalue weighted by atomic mass is 127. The fourth-order valence-corrected chi connectivity index (χ4v) is 2.41. The van der Waals surface area contributed by atoms with Gasteiger partial charge in [0.15, 0.2) is 5.11 Å². The zero-order valence-corrected chi connectivity index (χ0v) is 16.1. The van der Waals surface area contributed by atoms with Crippen molar-refractivity contribution in [1.82, 2.24) is 10.3 Å². The lowest BCUT2D eigenvalue weighted by molar-refractivity contribution is -0.384. The van der Waals surface area contributed by atoms with Crippen LogP contribution in [0, 0.1) is 13.7 Å². The summed E-state index contributed by atoms with van der Waals surface area (Å²) < 4.78 is 0.970. The SMILES string of the molecule is O=C(/C=C/c1ccc(Cl)c([N+](=O)[O-])c1)NC(=S)Nc1ccc(I)cn1. The van der Waals surface area contributed by atoms with Crippen LogP contribution in [0.5, 0.6) is 0 Å². The monoisotopic (exact) mass is 488 g/mol. The van der Waals surface area contributed by atoms with Crippen molar-refractivity contribution in [2.24, 2.45) is 0 Å². The maximum atomic E-state index is 11.8. The van der Waals surface area contributed by atoms with Crippen molar-refractivity contribution in [3.63, 3.8) is 0 Å². The Balaban J connectivity index is 1.96. The van der Waals surface area contributed by atoms with Gasteiger partial charge in [-0.1, -0.05) is 17.7 Å². The van der Waals surface area contributed by atoms with E-state index in [9.17, 15) is 14.9 Å². The van der Waals surface area contributed by atoms with E-state index in [1.54, 1.807) is 18.3 Å². The van der Waals surface area contributed by atoms with Crippen molar-refractivity contribution < 1.29 is 9.72 Å². The predicted molar refractivity (Wildman–Crippen MR) is 108 cm³/mol. The van der Waals surface area contributed by atoms with Crippen LogP contribution in [0.15, 0.2) is 42.6 Å². The van der Waals surface area contributed by atoms with Crippen LogP contribution in [0.25, 0.3) is 6.08 Å². The standard InChI is InChI=1S/C15H10ClIN4O3S/c16-11-4-1-9(7-12(11)21(23)24)2-6-14(22)20-15(25)19-13-5-3-10(17)8-18-13/h1-8H,(H2,18,19,20,22,25)/b6-2+. The largest absolute Gasteiger partial charge is 0.317 e. The molecule has 1 aromatic heterocycles. The molecule has 7 nitrogen and oxygen atoms in total. The minimum absolute atomic E-state index is 0.0296. The van der Waals surface area contributed by atoms with Gasteiger partial charge in [0.05, 0.1) is 4.92 Å². The molecule has 1 amide bonds. The molecule has 0 atom stereocenters. The molecule has 1 heterocycles. The summed E-state index contributed by atoms with van der Waals surface area (Å²) in [6, 6.07) is 7.80. The summed E-state index contributed by atoms with van der Waals surface area (Å²) in [5.74, 6) is 0.0173. The third-order valence-corrected chi connectivity index (χ3v) is 3.96. The number of pyridine rings is 1. The summed E-state index contributed by atoms with van der Waals surface area (Å²) in [5.41, 5.74) is 0.232. The van der Waals surface area contributed by atoms with E-state index < -0.39 is 10.8 Å². The Morgan fingerprint density at radius 1 is 1.36 bits per heavy atom. The number of thiocarbonyl (C=S) groups is 1. The first-order valence-corrected chi connectivity index (χ1v) is 8.57. The van der Waals surface area contributed by atoms with E-state index in [0.717, 1.165) is 3.57 Å². The lowest BCUT2D eigenvalue weighted by Gasteiger charge is -2.07. The summed E-state index contributed by atoms with van der Waals surface area (Å²) in [6.07, 6.45) is 4.29. The van der Waals surface area contributed by atoms with Crippen LogP contribution >= 0.6 is 46.4 Å². The molecule has 0 saturated heterocycles. The Hall–Kier alpha value is -2.11. The number of amides is 1. The third kappa shape index (κ3) is 6.03. The van der Waals surface area contributed by atoms with Crippen LogP contribution in [-0.4, -0.2) is 20.9 Å². The molecule has 2 N–H and O–H groups in total. The molecule has 10 heteroatoms. The van der Waals surface area contributed by atoms with Crippen molar-refractivity contribution >= 4 is 75.0 Å². The highest BCUT2D eigenvalue weighted by Gasteiger charge is 2.11. The van der Waals surface area contributed by atoms with Gasteiger partial charge in [-0.15, -0.1) is 0 Å². The molecule has 25 heavy (non-hydrogen) atoms. The van der Waals surface area contributed by atoms with Crippen molar-refractivity contribution in [3.05, 3.63) is 66.9 Å². The van der Waals surface area contributed by atoms with E-state index in [1.165, 1.54) is 24.3 Å². The van der Waals surface area contributed by atoms with Crippen molar-refractivity contribution in [1.29, 1.82) is 0 Å². The van der Waals surface area contributed by atoms with Crippen LogP contribution in [0.4, 0.5) is 11.5 Å². The molecule has 0 unspecified atom stereocenters. The molecule has 0 fully saturated rings. The first kappa shape index (κ1) is 19.2. The molecule has 1 aromatic carbocycles. The van der Waals surface area contributed by atoms with E-state index in [4.69, 9.17) is 23.8 Å². The third-order valence-electron chi connectivity index (χ3n) is 2.80. The van der Waals surface area contributed by atoms with Gasteiger partial charge in [0.25, 0.3) is 5.69 Å². The topological polar surface area (TPSA) is 97.2 Å². The average molecular weight is 489 g/mol. The van der Waals surface area contributed by atoms with E-state index in [0.29, 0.717) is 11.4 Å². The Morgan fingerprint density at radius 2 is 2.12 bits per heavy atom. The smallest absolute Gasteiger partial charge is 0.288 e. The Kier molecular flexibility index (Phi) is 6.79. The van der Waals surface area contributed by atoms with Crippen LogP contribution in [0.1, 0.15) is 5.56 Å². The van der Waals surface area contributed by atoms with Gasteiger partial charge in [0, 0.05) is 21.9 Å². The zero-order valence-electron chi connectivity index (χ0n) is 12.4. The number of nitrogens with one attached hydrogen (secondary N) is 2. The molecular weight excluding hydrogens is 479 g/mol. The second kappa shape index (κ2) is 8.83. The number of carbonyl (C=O) groups is 1. The normalized spacial score (nSPS) is 10.5. The molecule has 0 radical (unpaired) electrons. The second-order valence-corrected chi connectivity index (χ2v) is 6.67. The fraction of sp³-hybridized carbons (Fsp3) is 0. The number of carbonyl (C=O) groups excluding carboxylic acids is 1. The van der Waals surface area contributed by atoms with E-state index in [-0.39, 0.29) is 15.8 Å². The van der Waals surface area contributed by atoms with Gasteiger partial charge in [-0.2, -0.15) is 0 Å². The predicted octanol–water partition coefficient (Wildman–Crippen LogP) is 3.77. The van der Waals surface area contributed by atoms with Gasteiger partial charge in [0.1, 0.15) is 10.8 Å². The number of rotatable bonds is 4. The molecule has 0 aliphatic rings. The molecule has 2 rings (SSSR count). The maximum Gasteiger partial charge on any atom is 0.288 e. The molecule has 0 aliphatic carbocycles. The summed E-state index contributed by atoms with van der Waals surface area (Å²) in [7, 11) is 0. The summed E-state index contributed by atoms with van der Waals surface area (Å²) >= 11 is 12.9. The van der Waals surface area contributed by atoms with Crippen LogP contribution in [0.2, 0.25) is 5.02 Å². The molecule has 2 aromatic rings. The van der Waals surface area contributed by atoms with Gasteiger partial charge in [-0.05, 0) is 64.6 Å². The Labute approximate surface area is 166 Å². The summed E-state index contributed by atoms with van der Waals surface area (Å²) in [4.78, 5) is 26.2. The Morgan fingerprint density at radius 3 is 2.76 bits per heavy atom. The molecule has 0 saturated carbocycles. The number of anilines is 1. The lowest BCUT2D eigenvalue weighted by Crippen LogP contribution is -2.33. The highest BCUT2D eigenvalue weighted by molar-refractivity contribution is 14.1. The second-order valence-electron chi connectivity index (χ2n) is 4.61. The number of halogens is 2. The molecule has 0 bridgehead atoms. The molecule has 128 valence electrons. The van der Waals surface area contributed by atoms with E-state index in [1.807, 2.05) is 6.07 Å². The minimum Gasteiger partial charge on any atom is -0.317 e. The lowest BCUT2D eigenvalue weighted by atomic mass is 10.2. The highest BCUT2D eigenvalue weighted by Crippen LogP contribution is 2.25. The van der Waals surface area contributed by atoms with Crippen molar-refractivity contribution in [3.8, 4) is 0 Å². The van der Waals surface area contributed by atoms with Gasteiger partial charge in [-0.25, -0.2) is 4.98 Å². The summed E-state index contributed by atoms with van der Waals surface area (Å²) in [6.45, 7) is 0. The van der Waals surface area contributed by atoms with Gasteiger partial charge in [0.2, 0.25) is 5.91 Å². The van der Waals surface area contributed by atoms with Crippen molar-refractivity contribution in [2.75, 3.05) is 5.32 Å². The molecule has 0 aliphatic heterocycles. The van der Waals surface area contributed by atoms with Gasteiger partial charge < -0.3 is 5.32 Å². The van der Waals surface area contributed by atoms with Crippen molar-refractivity contribution in [2.45, 2.75) is 0 Å². The van der Waals surface area contributed by atoms with E-state index in [2.05, 4.69) is 38.2 Å². The fourth-order valence-electron chi connectivity index (χ4n) is 1.70. The maximum absolute atomic E-state index is 11.8. The number of benzene rings is 1. The first-order valence-electron chi connectivity index (χ1n) is 6.70. The summed E-state index contributed by atoms with van der Waals surface area (Å²) in [5, 5.41) is 16.2. The number of nitro groups is 1. The molecular formula is C15H10ClIN4O3S. The quantitative estimate of drug-likeness (QED) is 0.224. The number of hydrogen-bond acceptors (Lipinski definition) is 5. The average Bonchev–Trinajstić information content (AvgIpc) is 2.56. The van der Waals surface area contributed by atoms with Gasteiger partial charge >= 0.3 is 0 Å². The number of hydrogen-bond donors (Lipinski definition) is 2.